The topological polar surface area (TPSA) is 38.0 Å². The molecule has 3 N–H and O–H groups in total. The van der Waals surface area contributed by atoms with Crippen LogP contribution in [-0.2, 0) is 6.54 Å². The molecule has 16 heavy (non-hydrogen) atoms. The molecular formula is C13H20N2S. The summed E-state index contributed by atoms with van der Waals surface area (Å²) in [5, 5.41) is 4.37. The summed E-state index contributed by atoms with van der Waals surface area (Å²) >= 11 is 2.02. The summed E-state index contributed by atoms with van der Waals surface area (Å²) in [5.41, 5.74) is 7.41. The lowest BCUT2D eigenvalue weighted by Gasteiger charge is -2.28. The van der Waals surface area contributed by atoms with Crippen LogP contribution in [0, 0.1) is 0 Å². The van der Waals surface area contributed by atoms with Gasteiger partial charge in [0.25, 0.3) is 0 Å². The molecule has 1 saturated heterocycles. The normalized spacial score (nSPS) is 29.5. The van der Waals surface area contributed by atoms with Crippen molar-refractivity contribution in [3.63, 3.8) is 0 Å². The highest BCUT2D eigenvalue weighted by atomic mass is 32.2. The van der Waals surface area contributed by atoms with Crippen LogP contribution in [0.15, 0.2) is 30.3 Å². The minimum absolute atomic E-state index is 0.153. The van der Waals surface area contributed by atoms with Crippen LogP contribution in [0.1, 0.15) is 18.9 Å². The lowest BCUT2D eigenvalue weighted by molar-refractivity contribution is 0.359. The molecule has 1 heterocycles. The predicted octanol–water partition coefficient (Wildman–Crippen LogP) is 2.00. The third-order valence-electron chi connectivity index (χ3n) is 3.22. The van der Waals surface area contributed by atoms with Gasteiger partial charge in [0, 0.05) is 29.6 Å². The van der Waals surface area contributed by atoms with Gasteiger partial charge in [0.2, 0.25) is 0 Å². The van der Waals surface area contributed by atoms with E-state index >= 15 is 0 Å². The summed E-state index contributed by atoms with van der Waals surface area (Å²) in [6, 6.07) is 10.5. The number of nitrogens with two attached hydrogens (primary N) is 1. The summed E-state index contributed by atoms with van der Waals surface area (Å²) in [6.45, 7) is 3.94. The van der Waals surface area contributed by atoms with E-state index < -0.39 is 0 Å². The van der Waals surface area contributed by atoms with Crippen LogP contribution in [0.25, 0.3) is 0 Å². The molecule has 2 nitrogen and oxygen atoms in total. The molecule has 1 aromatic carbocycles. The first-order valence-corrected chi connectivity index (χ1v) is 6.90. The quantitative estimate of drug-likeness (QED) is 0.840. The van der Waals surface area contributed by atoms with E-state index in [0.717, 1.165) is 24.1 Å². The van der Waals surface area contributed by atoms with Crippen molar-refractivity contribution in [3.05, 3.63) is 35.9 Å². The summed E-state index contributed by atoms with van der Waals surface area (Å²) in [7, 11) is 0. The highest BCUT2D eigenvalue weighted by molar-refractivity contribution is 8.00. The fraction of sp³-hybridized carbons (Fsp3) is 0.538. The van der Waals surface area contributed by atoms with Gasteiger partial charge in [-0.1, -0.05) is 37.3 Å². The van der Waals surface area contributed by atoms with Gasteiger partial charge in [-0.3, -0.25) is 0 Å². The summed E-state index contributed by atoms with van der Waals surface area (Å²) < 4.78 is 0. The van der Waals surface area contributed by atoms with Crippen molar-refractivity contribution < 1.29 is 0 Å². The van der Waals surface area contributed by atoms with Crippen molar-refractivity contribution >= 4 is 11.8 Å². The molecule has 2 unspecified atom stereocenters. The van der Waals surface area contributed by atoms with Crippen molar-refractivity contribution in [2.45, 2.75) is 30.7 Å². The largest absolute Gasteiger partial charge is 0.329 e. The number of rotatable bonds is 4. The second-order valence-corrected chi connectivity index (χ2v) is 6.08. The van der Waals surface area contributed by atoms with E-state index in [0.29, 0.717) is 0 Å². The van der Waals surface area contributed by atoms with Gasteiger partial charge in [-0.05, 0) is 12.0 Å². The maximum absolute atomic E-state index is 5.92. The minimum atomic E-state index is 0.153. The van der Waals surface area contributed by atoms with Gasteiger partial charge in [-0.15, -0.1) is 0 Å². The Bertz CT molecular complexity index is 328. The maximum atomic E-state index is 5.92. The number of thioether (sulfide) groups is 1. The Morgan fingerprint density at radius 2 is 2.19 bits per heavy atom. The van der Waals surface area contributed by atoms with Gasteiger partial charge >= 0.3 is 0 Å². The summed E-state index contributed by atoms with van der Waals surface area (Å²) in [4.78, 5) is 0. The minimum Gasteiger partial charge on any atom is -0.329 e. The smallest absolute Gasteiger partial charge is 0.0408 e. The van der Waals surface area contributed by atoms with Crippen LogP contribution in [0.2, 0.25) is 0 Å². The Balaban J connectivity index is 1.93. The second-order valence-electron chi connectivity index (χ2n) is 4.65. The molecule has 0 saturated carbocycles. The van der Waals surface area contributed by atoms with Crippen LogP contribution >= 0.6 is 11.8 Å². The fourth-order valence-corrected chi connectivity index (χ4v) is 3.57. The molecule has 0 spiro atoms. The Labute approximate surface area is 102 Å². The van der Waals surface area contributed by atoms with Crippen LogP contribution in [0.3, 0.4) is 0 Å². The first kappa shape index (κ1) is 12.0. The van der Waals surface area contributed by atoms with Crippen LogP contribution in [-0.4, -0.2) is 23.1 Å². The maximum Gasteiger partial charge on any atom is 0.0408 e. The Morgan fingerprint density at radius 1 is 1.44 bits per heavy atom. The SMILES string of the molecule is CC1CC(CN)(NCc2ccccc2)CS1. The van der Waals surface area contributed by atoms with Crippen LogP contribution in [0.4, 0.5) is 0 Å². The van der Waals surface area contributed by atoms with Gasteiger partial charge in [0.1, 0.15) is 0 Å². The van der Waals surface area contributed by atoms with Gasteiger partial charge in [0.05, 0.1) is 0 Å². The lowest BCUT2D eigenvalue weighted by atomic mass is 9.96. The third kappa shape index (κ3) is 2.78. The molecule has 1 aliphatic heterocycles. The average molecular weight is 236 g/mol. The van der Waals surface area contributed by atoms with E-state index in [-0.39, 0.29) is 5.54 Å². The summed E-state index contributed by atoms with van der Waals surface area (Å²) in [6.07, 6.45) is 1.18. The number of benzene rings is 1. The Morgan fingerprint density at radius 3 is 2.75 bits per heavy atom. The highest BCUT2D eigenvalue weighted by Gasteiger charge is 2.36. The van der Waals surface area contributed by atoms with E-state index in [1.54, 1.807) is 0 Å². The van der Waals surface area contributed by atoms with Crippen molar-refractivity contribution in [2.75, 3.05) is 12.3 Å². The van der Waals surface area contributed by atoms with E-state index in [2.05, 4.69) is 42.6 Å². The average Bonchev–Trinajstić information content (AvgIpc) is 2.71. The highest BCUT2D eigenvalue weighted by Crippen LogP contribution is 2.33. The van der Waals surface area contributed by atoms with Crippen molar-refractivity contribution in [1.82, 2.24) is 5.32 Å². The molecule has 1 fully saturated rings. The standard InChI is InChI=1S/C13H20N2S/c1-11-7-13(9-14,10-16-11)15-8-12-5-3-2-4-6-12/h2-6,11,15H,7-10,14H2,1H3. The molecule has 0 aliphatic carbocycles. The van der Waals surface area contributed by atoms with Crippen molar-refractivity contribution in [3.8, 4) is 0 Å². The second kappa shape index (κ2) is 5.21. The molecule has 1 aromatic rings. The molecule has 88 valence electrons. The van der Waals surface area contributed by atoms with Crippen LogP contribution in [0.5, 0.6) is 0 Å². The molecule has 0 amide bonds. The van der Waals surface area contributed by atoms with E-state index in [9.17, 15) is 0 Å². The first-order chi connectivity index (χ1) is 7.74. The van der Waals surface area contributed by atoms with Gasteiger partial charge in [-0.25, -0.2) is 0 Å². The number of nitrogens with one attached hydrogen (secondary N) is 1. The first-order valence-electron chi connectivity index (χ1n) is 5.85. The van der Waals surface area contributed by atoms with E-state index in [1.807, 2.05) is 11.8 Å². The van der Waals surface area contributed by atoms with E-state index in [1.165, 1.54) is 12.0 Å². The van der Waals surface area contributed by atoms with Crippen molar-refractivity contribution in [1.29, 1.82) is 0 Å². The molecule has 3 heteroatoms. The number of hydrogen-bond acceptors (Lipinski definition) is 3. The van der Waals surface area contributed by atoms with E-state index in [4.69, 9.17) is 5.73 Å². The Kier molecular flexibility index (Phi) is 3.90. The van der Waals surface area contributed by atoms with Gasteiger partial charge in [-0.2, -0.15) is 11.8 Å². The molecule has 2 rings (SSSR count). The van der Waals surface area contributed by atoms with Crippen LogP contribution < -0.4 is 11.1 Å². The monoisotopic (exact) mass is 236 g/mol. The van der Waals surface area contributed by atoms with Gasteiger partial charge in [0.15, 0.2) is 0 Å². The molecule has 0 bridgehead atoms. The third-order valence-corrected chi connectivity index (χ3v) is 4.68. The fourth-order valence-electron chi connectivity index (χ4n) is 2.19. The zero-order chi connectivity index (χ0) is 11.4. The number of hydrogen-bond donors (Lipinski definition) is 2. The van der Waals surface area contributed by atoms with Crippen molar-refractivity contribution in [2.24, 2.45) is 5.73 Å². The van der Waals surface area contributed by atoms with Gasteiger partial charge < -0.3 is 11.1 Å². The predicted molar refractivity (Wildman–Crippen MR) is 71.6 cm³/mol. The molecule has 0 aromatic heterocycles. The molecule has 0 radical (unpaired) electrons. The summed E-state index contributed by atoms with van der Waals surface area (Å²) in [5.74, 6) is 1.14. The lowest BCUT2D eigenvalue weighted by Crippen LogP contribution is -2.51. The zero-order valence-corrected chi connectivity index (χ0v) is 10.6. The zero-order valence-electron chi connectivity index (χ0n) is 9.78. The molecular weight excluding hydrogens is 216 g/mol. The Hall–Kier alpha value is -0.510. The molecule has 2 atom stereocenters. The molecule has 1 aliphatic rings.